The lowest BCUT2D eigenvalue weighted by Crippen LogP contribution is -2.04. The lowest BCUT2D eigenvalue weighted by molar-refractivity contribution is -0.129. The summed E-state index contributed by atoms with van der Waals surface area (Å²) in [6.07, 6.45) is 9.52. The predicted octanol–water partition coefficient (Wildman–Crippen LogP) is 5.63. The van der Waals surface area contributed by atoms with Gasteiger partial charge in [-0.2, -0.15) is 0 Å². The summed E-state index contributed by atoms with van der Waals surface area (Å²) in [5.74, 6) is 0.685. The molecular weight excluding hydrogens is 352 g/mol. The van der Waals surface area contributed by atoms with Gasteiger partial charge >= 0.3 is 5.97 Å². The van der Waals surface area contributed by atoms with Crippen molar-refractivity contribution in [2.75, 3.05) is 6.61 Å². The molecule has 0 aliphatic carbocycles. The highest BCUT2D eigenvalue weighted by Crippen LogP contribution is 2.16. The topological polar surface area (TPSA) is 52.6 Å². The van der Waals surface area contributed by atoms with E-state index in [9.17, 15) is 9.59 Å². The molecule has 0 aromatic heterocycles. The average Bonchev–Trinajstić information content (AvgIpc) is 2.71. The lowest BCUT2D eigenvalue weighted by atomic mass is 10.1. The lowest BCUT2D eigenvalue weighted by Gasteiger charge is -2.03. The molecule has 2 aromatic carbocycles. The van der Waals surface area contributed by atoms with E-state index in [1.54, 1.807) is 30.3 Å². The van der Waals surface area contributed by atoms with Crippen LogP contribution in [0.1, 0.15) is 49.0 Å². The maximum Gasteiger partial charge on any atom is 0.335 e. The third-order valence-corrected chi connectivity index (χ3v) is 3.95. The van der Waals surface area contributed by atoms with Crippen LogP contribution in [0, 0.1) is 0 Å². The Morgan fingerprint density at radius 2 is 1.57 bits per heavy atom. The molecule has 0 unspecified atom stereocenters. The number of hydrogen-bond donors (Lipinski definition) is 0. The molecule has 0 bridgehead atoms. The zero-order valence-corrected chi connectivity index (χ0v) is 16.4. The summed E-state index contributed by atoms with van der Waals surface area (Å²) in [6.45, 7) is 4.65. The minimum Gasteiger partial charge on any atom is -0.494 e. The van der Waals surface area contributed by atoms with Crippen LogP contribution in [0.3, 0.4) is 0 Å². The van der Waals surface area contributed by atoms with Gasteiger partial charge in [0, 0.05) is 11.6 Å². The minimum atomic E-state index is -0.412. The Bertz CT molecular complexity index is 815. The molecular formula is C24H26O4. The number of hydrogen-bond acceptors (Lipinski definition) is 4. The van der Waals surface area contributed by atoms with Crippen LogP contribution in [0.25, 0.3) is 6.08 Å². The number of carbonyl (C=O) groups excluding carboxylic acids is 2. The van der Waals surface area contributed by atoms with Crippen LogP contribution in [-0.4, -0.2) is 18.4 Å². The summed E-state index contributed by atoms with van der Waals surface area (Å²) in [5.41, 5.74) is 1.44. The van der Waals surface area contributed by atoms with Crippen LogP contribution < -0.4 is 9.47 Å². The third-order valence-electron chi connectivity index (χ3n) is 3.95. The molecule has 0 radical (unpaired) electrons. The summed E-state index contributed by atoms with van der Waals surface area (Å²) in [5, 5.41) is 0. The highest BCUT2D eigenvalue weighted by atomic mass is 16.5. The van der Waals surface area contributed by atoms with Crippen molar-refractivity contribution in [1.82, 2.24) is 0 Å². The normalized spacial score (nSPS) is 11.1. The molecule has 0 fully saturated rings. The molecule has 0 N–H and O–H groups in total. The van der Waals surface area contributed by atoms with Gasteiger partial charge in [-0.3, -0.25) is 4.79 Å². The van der Waals surface area contributed by atoms with Gasteiger partial charge < -0.3 is 9.47 Å². The van der Waals surface area contributed by atoms with E-state index in [4.69, 9.17) is 9.47 Å². The number of unbranched alkanes of at least 4 members (excludes halogenated alkanes) is 2. The fourth-order valence-electron chi connectivity index (χ4n) is 2.45. The van der Waals surface area contributed by atoms with Gasteiger partial charge in [-0.15, -0.1) is 0 Å². The molecule has 0 atom stereocenters. The van der Waals surface area contributed by atoms with E-state index in [2.05, 4.69) is 6.92 Å². The van der Waals surface area contributed by atoms with Crippen molar-refractivity contribution in [2.45, 2.75) is 33.1 Å². The van der Waals surface area contributed by atoms with Crippen molar-refractivity contribution in [3.63, 3.8) is 0 Å². The second kappa shape index (κ2) is 11.5. The first-order valence-electron chi connectivity index (χ1n) is 9.56. The van der Waals surface area contributed by atoms with Gasteiger partial charge in [-0.25, -0.2) is 4.79 Å². The smallest absolute Gasteiger partial charge is 0.335 e. The molecule has 4 heteroatoms. The molecule has 0 heterocycles. The van der Waals surface area contributed by atoms with Gasteiger partial charge in [-0.1, -0.05) is 44.1 Å². The predicted molar refractivity (Wildman–Crippen MR) is 112 cm³/mol. The van der Waals surface area contributed by atoms with Crippen molar-refractivity contribution >= 4 is 17.8 Å². The third kappa shape index (κ3) is 7.23. The summed E-state index contributed by atoms with van der Waals surface area (Å²) in [7, 11) is 0. The standard InChI is InChI=1S/C24H26O4/c1-3-5-6-7-8-24(26)28-22-16-12-20(13-17-22)23(25)18-11-19-9-14-21(15-10-19)27-4-2/h7-18H,3-6H2,1-2H3. The Balaban J connectivity index is 1.90. The van der Waals surface area contributed by atoms with Gasteiger partial charge in [0.15, 0.2) is 5.78 Å². The molecule has 146 valence electrons. The number of carbonyl (C=O) groups is 2. The van der Waals surface area contributed by atoms with E-state index in [-0.39, 0.29) is 5.78 Å². The SMILES string of the molecule is CCCCC=CC(=O)Oc1ccc(C(=O)C=Cc2ccc(OCC)cc2)cc1. The van der Waals surface area contributed by atoms with E-state index in [0.29, 0.717) is 17.9 Å². The van der Waals surface area contributed by atoms with Gasteiger partial charge in [0.25, 0.3) is 0 Å². The van der Waals surface area contributed by atoms with Gasteiger partial charge in [0.2, 0.25) is 0 Å². The van der Waals surface area contributed by atoms with Gasteiger partial charge in [0.05, 0.1) is 6.61 Å². The number of ether oxygens (including phenoxy) is 2. The van der Waals surface area contributed by atoms with E-state index in [0.717, 1.165) is 30.6 Å². The molecule has 0 saturated carbocycles. The van der Waals surface area contributed by atoms with Crippen molar-refractivity contribution in [3.05, 3.63) is 77.9 Å². The first-order chi connectivity index (χ1) is 13.6. The zero-order chi connectivity index (χ0) is 20.2. The molecule has 0 saturated heterocycles. The summed E-state index contributed by atoms with van der Waals surface area (Å²) in [6, 6.07) is 14.1. The molecule has 2 aromatic rings. The van der Waals surface area contributed by atoms with E-state index >= 15 is 0 Å². The minimum absolute atomic E-state index is 0.119. The average molecular weight is 378 g/mol. The highest BCUT2D eigenvalue weighted by molar-refractivity contribution is 6.06. The number of allylic oxidation sites excluding steroid dienone is 2. The van der Waals surface area contributed by atoms with Crippen molar-refractivity contribution in [2.24, 2.45) is 0 Å². The summed E-state index contributed by atoms with van der Waals surface area (Å²) < 4.78 is 10.6. The van der Waals surface area contributed by atoms with Crippen LogP contribution in [0.4, 0.5) is 0 Å². The molecule has 0 aliphatic heterocycles. The number of rotatable bonds is 10. The van der Waals surface area contributed by atoms with Crippen molar-refractivity contribution in [1.29, 1.82) is 0 Å². The Hall–Kier alpha value is -3.14. The molecule has 28 heavy (non-hydrogen) atoms. The van der Waals surface area contributed by atoms with Crippen LogP contribution in [0.2, 0.25) is 0 Å². The summed E-state index contributed by atoms with van der Waals surface area (Å²) >= 11 is 0. The van der Waals surface area contributed by atoms with Crippen LogP contribution in [0.5, 0.6) is 11.5 Å². The second-order valence-corrected chi connectivity index (χ2v) is 6.19. The first-order valence-corrected chi connectivity index (χ1v) is 9.56. The molecule has 4 nitrogen and oxygen atoms in total. The Kier molecular flexibility index (Phi) is 8.73. The maximum absolute atomic E-state index is 12.3. The first kappa shape index (κ1) is 21.2. The van der Waals surface area contributed by atoms with Gasteiger partial charge in [-0.05, 0) is 61.4 Å². The Labute approximate surface area is 166 Å². The quantitative estimate of drug-likeness (QED) is 0.177. The fraction of sp³-hybridized carbons (Fsp3) is 0.250. The van der Waals surface area contributed by atoms with E-state index in [1.165, 1.54) is 12.2 Å². The Morgan fingerprint density at radius 3 is 2.21 bits per heavy atom. The monoisotopic (exact) mass is 378 g/mol. The van der Waals surface area contributed by atoms with Crippen LogP contribution >= 0.6 is 0 Å². The Morgan fingerprint density at radius 1 is 0.893 bits per heavy atom. The largest absolute Gasteiger partial charge is 0.494 e. The highest BCUT2D eigenvalue weighted by Gasteiger charge is 2.04. The molecule has 0 aliphatic rings. The summed E-state index contributed by atoms with van der Waals surface area (Å²) in [4.78, 5) is 24.0. The van der Waals surface area contributed by atoms with E-state index < -0.39 is 5.97 Å². The number of benzene rings is 2. The molecule has 2 rings (SSSR count). The fourth-order valence-corrected chi connectivity index (χ4v) is 2.45. The van der Waals surface area contributed by atoms with Gasteiger partial charge in [0.1, 0.15) is 11.5 Å². The van der Waals surface area contributed by atoms with Crippen molar-refractivity contribution < 1.29 is 19.1 Å². The number of esters is 1. The van der Waals surface area contributed by atoms with Crippen molar-refractivity contribution in [3.8, 4) is 11.5 Å². The zero-order valence-electron chi connectivity index (χ0n) is 16.4. The maximum atomic E-state index is 12.3. The molecule has 0 amide bonds. The second-order valence-electron chi connectivity index (χ2n) is 6.19. The van der Waals surface area contributed by atoms with Crippen LogP contribution in [-0.2, 0) is 4.79 Å². The van der Waals surface area contributed by atoms with Crippen LogP contribution in [0.15, 0.2) is 66.8 Å². The number of ketones is 1. The van der Waals surface area contributed by atoms with E-state index in [1.807, 2.05) is 37.3 Å². The molecule has 0 spiro atoms.